The molecule has 2 N–H and O–H groups in total. The van der Waals surface area contributed by atoms with E-state index in [9.17, 15) is 35.1 Å². The molecule has 2 aliphatic rings. The first-order valence-corrected chi connectivity index (χ1v) is 17.1. The SMILES string of the molecule is O=S(=O)(N[C@@H]1CN(S(=O)(=O)Cc2ccccc2)C[C@H](N2c3ccccc3Oc3ccccc32)[C@H]1O)c1ccc(OC(F)(F)F)cc1. The summed E-state index contributed by atoms with van der Waals surface area (Å²) in [5.41, 5.74) is 1.59. The van der Waals surface area contributed by atoms with Crippen molar-refractivity contribution in [2.45, 2.75) is 35.2 Å². The topological polar surface area (TPSA) is 125 Å². The van der Waals surface area contributed by atoms with Gasteiger partial charge in [0.15, 0.2) is 11.5 Å². The van der Waals surface area contributed by atoms with Gasteiger partial charge in [0.2, 0.25) is 20.0 Å². The predicted molar refractivity (Wildman–Crippen MR) is 163 cm³/mol. The summed E-state index contributed by atoms with van der Waals surface area (Å²) < 4.78 is 106. The Balaban J connectivity index is 1.37. The molecule has 1 fully saturated rings. The van der Waals surface area contributed by atoms with E-state index in [1.165, 1.54) is 0 Å². The van der Waals surface area contributed by atoms with Crippen LogP contribution >= 0.6 is 0 Å². The van der Waals surface area contributed by atoms with Gasteiger partial charge in [-0.15, -0.1) is 13.2 Å². The van der Waals surface area contributed by atoms with Crippen molar-refractivity contribution in [1.29, 1.82) is 0 Å². The molecule has 1 saturated heterocycles. The van der Waals surface area contributed by atoms with Crippen molar-refractivity contribution in [1.82, 2.24) is 9.03 Å². The number of nitrogens with zero attached hydrogens (tertiary/aromatic N) is 2. The number of alkyl halides is 3. The van der Waals surface area contributed by atoms with Gasteiger partial charge in [0, 0.05) is 13.1 Å². The molecule has 0 saturated carbocycles. The lowest BCUT2D eigenvalue weighted by molar-refractivity contribution is -0.274. The number of nitrogens with one attached hydrogen (secondary N) is 1. The average Bonchev–Trinajstić information content (AvgIpc) is 3.00. The van der Waals surface area contributed by atoms with E-state index < -0.39 is 61.8 Å². The number of piperidine rings is 1. The van der Waals surface area contributed by atoms with Gasteiger partial charge >= 0.3 is 6.36 Å². The molecule has 0 spiro atoms. The molecule has 4 aromatic rings. The van der Waals surface area contributed by atoms with Gasteiger partial charge in [-0.1, -0.05) is 54.6 Å². The summed E-state index contributed by atoms with van der Waals surface area (Å²) in [5.74, 6) is -0.0773. The van der Waals surface area contributed by atoms with E-state index in [2.05, 4.69) is 9.46 Å². The van der Waals surface area contributed by atoms with E-state index in [1.54, 1.807) is 83.8 Å². The van der Waals surface area contributed by atoms with Crippen LogP contribution in [-0.2, 0) is 25.8 Å². The van der Waals surface area contributed by atoms with Gasteiger partial charge in [-0.05, 0) is 54.1 Å². The number of para-hydroxylation sites is 4. The predicted octanol–water partition coefficient (Wildman–Crippen LogP) is 4.75. The van der Waals surface area contributed by atoms with Gasteiger partial charge in [0.05, 0.1) is 40.2 Å². The van der Waals surface area contributed by atoms with Crippen LogP contribution in [0.25, 0.3) is 0 Å². The zero-order valence-corrected chi connectivity index (χ0v) is 25.5. The quantitative estimate of drug-likeness (QED) is 0.274. The van der Waals surface area contributed by atoms with Crippen molar-refractivity contribution >= 4 is 31.4 Å². The minimum atomic E-state index is -4.97. The summed E-state index contributed by atoms with van der Waals surface area (Å²) >= 11 is 0. The molecule has 4 aromatic carbocycles. The minimum absolute atomic E-state index is 0.194. The van der Waals surface area contributed by atoms with Crippen LogP contribution in [0.5, 0.6) is 17.2 Å². The van der Waals surface area contributed by atoms with Gasteiger partial charge in [-0.25, -0.2) is 21.6 Å². The molecule has 0 radical (unpaired) electrons. The summed E-state index contributed by atoms with van der Waals surface area (Å²) in [6.45, 7) is -0.602. The van der Waals surface area contributed by atoms with Crippen LogP contribution < -0.4 is 19.1 Å². The van der Waals surface area contributed by atoms with Crippen LogP contribution in [0.3, 0.4) is 0 Å². The van der Waals surface area contributed by atoms with Crippen molar-refractivity contribution in [2.24, 2.45) is 0 Å². The van der Waals surface area contributed by atoms with E-state index in [1.807, 2.05) is 0 Å². The maximum absolute atomic E-state index is 13.8. The zero-order valence-electron chi connectivity index (χ0n) is 23.9. The lowest BCUT2D eigenvalue weighted by Crippen LogP contribution is -2.66. The number of fused-ring (bicyclic) bond motifs is 2. The van der Waals surface area contributed by atoms with E-state index in [0.717, 1.165) is 28.6 Å². The van der Waals surface area contributed by atoms with Crippen molar-refractivity contribution in [2.75, 3.05) is 18.0 Å². The van der Waals surface area contributed by atoms with E-state index >= 15 is 0 Å². The highest BCUT2D eigenvalue weighted by Crippen LogP contribution is 2.48. The van der Waals surface area contributed by atoms with Crippen molar-refractivity contribution in [3.8, 4) is 17.2 Å². The largest absolute Gasteiger partial charge is 0.573 e. The summed E-state index contributed by atoms with van der Waals surface area (Å²) in [6, 6.07) is 23.7. The number of aliphatic hydroxyl groups excluding tert-OH is 1. The third-order valence-corrected chi connectivity index (χ3v) is 10.9. The van der Waals surface area contributed by atoms with Crippen LogP contribution in [0, 0.1) is 0 Å². The van der Waals surface area contributed by atoms with Crippen LogP contribution in [0.2, 0.25) is 0 Å². The van der Waals surface area contributed by atoms with Gasteiger partial charge in [-0.3, -0.25) is 0 Å². The Hall–Kier alpha value is -4.15. The van der Waals surface area contributed by atoms with Gasteiger partial charge in [-0.2, -0.15) is 4.31 Å². The highest BCUT2D eigenvalue weighted by Gasteiger charge is 2.46. The number of anilines is 2. The van der Waals surface area contributed by atoms with Crippen LogP contribution in [0.1, 0.15) is 5.56 Å². The van der Waals surface area contributed by atoms with Crippen molar-refractivity contribution in [3.63, 3.8) is 0 Å². The summed E-state index contributed by atoms with van der Waals surface area (Å²) in [7, 11) is -8.52. The normalized spacial score (nSPS) is 20.3. The summed E-state index contributed by atoms with van der Waals surface area (Å²) in [5, 5.41) is 11.8. The van der Waals surface area contributed by atoms with E-state index in [0.29, 0.717) is 28.4 Å². The number of hydrogen-bond donors (Lipinski definition) is 2. The van der Waals surface area contributed by atoms with E-state index in [4.69, 9.17) is 4.74 Å². The maximum atomic E-state index is 13.8. The molecule has 10 nitrogen and oxygen atoms in total. The third kappa shape index (κ3) is 6.69. The Morgan fingerprint density at radius 3 is 1.96 bits per heavy atom. The first kappa shape index (κ1) is 31.8. The number of sulfonamides is 2. The lowest BCUT2D eigenvalue weighted by atomic mass is 9.96. The number of ether oxygens (including phenoxy) is 2. The Kier molecular flexibility index (Phi) is 8.45. The number of benzene rings is 4. The fourth-order valence-corrected chi connectivity index (χ4v) is 8.42. The molecule has 0 aliphatic carbocycles. The smallest absolute Gasteiger partial charge is 0.453 e. The number of hydrogen-bond acceptors (Lipinski definition) is 8. The standard InChI is InChI=1S/C31H28F3N3O7S2/c32-31(33,34)44-22-14-16-23(17-15-22)46(41,42)35-24-18-36(45(39,40)20-21-8-2-1-3-9-21)19-27(30(24)38)37-25-10-4-6-12-28(25)43-29-13-7-5-11-26(29)37/h1-17,24,27,30,35,38H,18-20H2/t24-,27+,30+/m1/s1. The molecule has 2 aliphatic heterocycles. The molecule has 3 atom stereocenters. The second-order valence-corrected chi connectivity index (χ2v) is 14.5. The monoisotopic (exact) mass is 675 g/mol. The molecule has 6 rings (SSSR count). The second kappa shape index (κ2) is 12.2. The fraction of sp³-hybridized carbons (Fsp3) is 0.226. The summed E-state index contributed by atoms with van der Waals surface area (Å²) in [4.78, 5) is 1.34. The molecule has 0 amide bonds. The Labute approximate surface area is 263 Å². The van der Waals surface area contributed by atoms with Crippen LogP contribution in [0.4, 0.5) is 24.5 Å². The molecule has 242 valence electrons. The van der Waals surface area contributed by atoms with Gasteiger partial charge in [0.25, 0.3) is 0 Å². The lowest BCUT2D eigenvalue weighted by Gasteiger charge is -2.47. The molecule has 0 unspecified atom stereocenters. The number of halogens is 3. The van der Waals surface area contributed by atoms with Crippen LogP contribution in [-0.4, -0.2) is 63.9 Å². The maximum Gasteiger partial charge on any atom is 0.573 e. The first-order valence-electron chi connectivity index (χ1n) is 14.0. The fourth-order valence-electron chi connectivity index (χ4n) is 5.61. The first-order chi connectivity index (χ1) is 21.8. The second-order valence-electron chi connectivity index (χ2n) is 10.8. The summed E-state index contributed by atoms with van der Waals surface area (Å²) in [6.07, 6.45) is -6.42. The molecule has 0 aromatic heterocycles. The van der Waals surface area contributed by atoms with E-state index in [-0.39, 0.29) is 12.3 Å². The molecule has 2 heterocycles. The molecule has 0 bridgehead atoms. The highest BCUT2D eigenvalue weighted by molar-refractivity contribution is 7.89. The van der Waals surface area contributed by atoms with Gasteiger partial charge < -0.3 is 19.5 Å². The molecule has 46 heavy (non-hydrogen) atoms. The van der Waals surface area contributed by atoms with Gasteiger partial charge in [0.1, 0.15) is 5.75 Å². The molecular weight excluding hydrogens is 647 g/mol. The minimum Gasteiger partial charge on any atom is -0.453 e. The average molecular weight is 676 g/mol. The Bertz CT molecular complexity index is 1880. The highest BCUT2D eigenvalue weighted by atomic mass is 32.2. The molecular formula is C31H28F3N3O7S2. The van der Waals surface area contributed by atoms with Crippen molar-refractivity contribution < 1.29 is 44.6 Å². The third-order valence-electron chi connectivity index (χ3n) is 7.66. The van der Waals surface area contributed by atoms with Crippen molar-refractivity contribution in [3.05, 3.63) is 109 Å². The Morgan fingerprint density at radius 2 is 1.37 bits per heavy atom. The number of aliphatic hydroxyl groups is 1. The van der Waals surface area contributed by atoms with Crippen LogP contribution in [0.15, 0.2) is 108 Å². The zero-order chi connectivity index (χ0) is 32.7. The molecule has 15 heteroatoms. The Morgan fingerprint density at radius 1 is 0.804 bits per heavy atom. The number of rotatable bonds is 8.